The van der Waals surface area contributed by atoms with Crippen LogP contribution >= 0.6 is 0 Å². The Morgan fingerprint density at radius 3 is 2.21 bits per heavy atom. The van der Waals surface area contributed by atoms with E-state index >= 15 is 0 Å². The highest BCUT2D eigenvalue weighted by Gasteiger charge is 2.52. The average molecular weight is 440 g/mol. The number of nitrogens with zero attached hydrogens (tertiary/aromatic N) is 1. The van der Waals surface area contributed by atoms with Crippen LogP contribution in [0, 0.1) is 0 Å². The Hall–Kier alpha value is -3.40. The number of aryl methyl sites for hydroxylation is 1. The minimum atomic E-state index is -0.948. The number of benzene rings is 3. The van der Waals surface area contributed by atoms with E-state index < -0.39 is 17.6 Å². The monoisotopic (exact) mass is 439 g/mol. The minimum absolute atomic E-state index is 0.0735. The molecule has 2 aliphatic rings. The van der Waals surface area contributed by atoms with Crippen molar-refractivity contribution in [2.24, 2.45) is 0 Å². The van der Waals surface area contributed by atoms with Crippen molar-refractivity contribution >= 4 is 17.4 Å². The molecule has 0 N–H and O–H groups in total. The van der Waals surface area contributed by atoms with Crippen LogP contribution in [0.3, 0.4) is 0 Å². The lowest BCUT2D eigenvalue weighted by Crippen LogP contribution is -2.56. The first-order valence-electron chi connectivity index (χ1n) is 11.6. The van der Waals surface area contributed by atoms with Gasteiger partial charge in [-0.2, -0.15) is 0 Å². The molecule has 0 aliphatic carbocycles. The summed E-state index contributed by atoms with van der Waals surface area (Å²) in [6.07, 6.45) is 1.47. The van der Waals surface area contributed by atoms with Crippen LogP contribution in [0.5, 0.6) is 0 Å². The lowest BCUT2D eigenvalue weighted by molar-refractivity contribution is -0.175. The third kappa shape index (κ3) is 3.84. The molecule has 0 aromatic heterocycles. The summed E-state index contributed by atoms with van der Waals surface area (Å²) in [6.45, 7) is 4.91. The lowest BCUT2D eigenvalue weighted by Gasteiger charge is -2.42. The van der Waals surface area contributed by atoms with Crippen molar-refractivity contribution in [1.82, 2.24) is 0 Å². The Morgan fingerprint density at radius 1 is 0.879 bits per heavy atom. The molecular weight excluding hydrogens is 410 g/mol. The minimum Gasteiger partial charge on any atom is -0.452 e. The first kappa shape index (κ1) is 21.4. The summed E-state index contributed by atoms with van der Waals surface area (Å²) in [5.41, 5.74) is 3.07. The van der Waals surface area contributed by atoms with Crippen molar-refractivity contribution in [1.29, 1.82) is 0 Å². The Kier molecular flexibility index (Phi) is 5.32. The first-order valence-corrected chi connectivity index (χ1v) is 11.6. The molecule has 0 bridgehead atoms. The van der Waals surface area contributed by atoms with Gasteiger partial charge in [-0.1, -0.05) is 92.7 Å². The number of hydrogen-bond acceptors (Lipinski definition) is 4. The highest BCUT2D eigenvalue weighted by atomic mass is 16.6. The van der Waals surface area contributed by atoms with E-state index in [4.69, 9.17) is 4.74 Å². The van der Waals surface area contributed by atoms with E-state index in [0.29, 0.717) is 13.0 Å². The predicted molar refractivity (Wildman–Crippen MR) is 129 cm³/mol. The van der Waals surface area contributed by atoms with E-state index in [-0.39, 0.29) is 17.6 Å². The van der Waals surface area contributed by atoms with Gasteiger partial charge in [0.1, 0.15) is 5.60 Å². The van der Waals surface area contributed by atoms with Gasteiger partial charge >= 0.3 is 5.97 Å². The largest absolute Gasteiger partial charge is 0.452 e. The number of anilines is 1. The van der Waals surface area contributed by atoms with E-state index in [0.717, 1.165) is 28.8 Å². The number of carbonyl (C=O) groups excluding carboxylic acids is 2. The molecule has 1 saturated heterocycles. The summed E-state index contributed by atoms with van der Waals surface area (Å²) in [5, 5.41) is 0. The Labute approximate surface area is 195 Å². The van der Waals surface area contributed by atoms with Gasteiger partial charge < -0.3 is 9.64 Å². The summed E-state index contributed by atoms with van der Waals surface area (Å²) in [6, 6.07) is 27.0. The zero-order valence-corrected chi connectivity index (χ0v) is 19.2. The zero-order chi connectivity index (χ0) is 23.1. The standard InChI is InChI=1S/C29H29NO3/c1-28(2)20-30(24-16-10-9-15-23(24)28)26-25(31)19-29(33-27(26)32,22-13-7-4-8-14-22)18-17-21-11-5-3-6-12-21/h3-16,26H,17-20H2,1-2H3. The summed E-state index contributed by atoms with van der Waals surface area (Å²) in [4.78, 5) is 29.1. The molecule has 0 saturated carbocycles. The number of carbonyl (C=O) groups is 2. The van der Waals surface area contributed by atoms with Gasteiger partial charge in [0, 0.05) is 17.6 Å². The van der Waals surface area contributed by atoms with Crippen LogP contribution in [0.25, 0.3) is 0 Å². The maximum absolute atomic E-state index is 13.7. The average Bonchev–Trinajstić information content (AvgIpc) is 3.09. The normalized spacial score (nSPS) is 23.8. The van der Waals surface area contributed by atoms with Crippen LogP contribution in [0.4, 0.5) is 5.69 Å². The maximum Gasteiger partial charge on any atom is 0.337 e. The maximum atomic E-state index is 13.7. The first-order chi connectivity index (χ1) is 15.9. The highest BCUT2D eigenvalue weighted by Crippen LogP contribution is 2.45. The molecule has 0 amide bonds. The number of fused-ring (bicyclic) bond motifs is 1. The third-order valence-electron chi connectivity index (χ3n) is 7.06. The van der Waals surface area contributed by atoms with Gasteiger partial charge in [0.2, 0.25) is 0 Å². The molecule has 0 radical (unpaired) electrons. The molecule has 2 heterocycles. The number of rotatable bonds is 5. The van der Waals surface area contributed by atoms with Crippen molar-refractivity contribution < 1.29 is 14.3 Å². The lowest BCUT2D eigenvalue weighted by atomic mass is 9.80. The summed E-state index contributed by atoms with van der Waals surface area (Å²) in [5.74, 6) is -0.522. The van der Waals surface area contributed by atoms with Gasteiger partial charge in [0.25, 0.3) is 0 Å². The van der Waals surface area contributed by atoms with Crippen LogP contribution in [-0.4, -0.2) is 24.3 Å². The second-order valence-corrected chi connectivity index (χ2v) is 9.84. The van der Waals surface area contributed by atoms with Crippen molar-refractivity contribution in [3.05, 3.63) is 102 Å². The molecule has 33 heavy (non-hydrogen) atoms. The van der Waals surface area contributed by atoms with Crippen molar-refractivity contribution in [2.75, 3.05) is 11.4 Å². The van der Waals surface area contributed by atoms with E-state index in [1.54, 1.807) is 0 Å². The van der Waals surface area contributed by atoms with Crippen LogP contribution < -0.4 is 4.90 Å². The third-order valence-corrected chi connectivity index (χ3v) is 7.06. The van der Waals surface area contributed by atoms with Gasteiger partial charge in [-0.15, -0.1) is 0 Å². The molecule has 2 aliphatic heterocycles. The summed E-state index contributed by atoms with van der Waals surface area (Å²) in [7, 11) is 0. The van der Waals surface area contributed by atoms with Crippen molar-refractivity contribution in [3.63, 3.8) is 0 Å². The zero-order valence-electron chi connectivity index (χ0n) is 19.2. The van der Waals surface area contributed by atoms with Gasteiger partial charge in [-0.3, -0.25) is 4.79 Å². The Balaban J connectivity index is 1.47. The Morgan fingerprint density at radius 2 is 1.52 bits per heavy atom. The number of ketones is 1. The van der Waals surface area contributed by atoms with E-state index in [9.17, 15) is 9.59 Å². The molecule has 2 unspecified atom stereocenters. The van der Waals surface area contributed by atoms with Gasteiger partial charge in [-0.25, -0.2) is 4.79 Å². The van der Waals surface area contributed by atoms with Gasteiger partial charge in [0.05, 0.1) is 6.42 Å². The predicted octanol–water partition coefficient (Wildman–Crippen LogP) is 5.20. The topological polar surface area (TPSA) is 46.6 Å². The number of cyclic esters (lactones) is 1. The fourth-order valence-electron chi connectivity index (χ4n) is 5.40. The van der Waals surface area contributed by atoms with E-state index in [1.807, 2.05) is 71.6 Å². The number of para-hydroxylation sites is 1. The van der Waals surface area contributed by atoms with Gasteiger partial charge in [0.15, 0.2) is 11.8 Å². The Bertz CT molecular complexity index is 1150. The van der Waals surface area contributed by atoms with Crippen LogP contribution in [0.2, 0.25) is 0 Å². The molecule has 4 nitrogen and oxygen atoms in total. The molecule has 0 spiro atoms. The quantitative estimate of drug-likeness (QED) is 0.405. The fourth-order valence-corrected chi connectivity index (χ4v) is 5.40. The van der Waals surface area contributed by atoms with Crippen molar-refractivity contribution in [2.45, 2.75) is 50.2 Å². The molecule has 4 heteroatoms. The molecule has 3 aromatic carbocycles. The van der Waals surface area contributed by atoms with E-state index in [1.165, 1.54) is 0 Å². The summed E-state index contributed by atoms with van der Waals surface area (Å²) < 4.78 is 6.26. The fraction of sp³-hybridized carbons (Fsp3) is 0.310. The molecular formula is C29H29NO3. The SMILES string of the molecule is CC1(C)CN(C2C(=O)CC(CCc3ccccc3)(c3ccccc3)OC2=O)c2ccccc21. The smallest absolute Gasteiger partial charge is 0.337 e. The molecule has 3 aromatic rings. The van der Waals surface area contributed by atoms with Crippen LogP contribution in [0.15, 0.2) is 84.9 Å². The number of esters is 1. The molecule has 168 valence electrons. The molecule has 5 rings (SSSR count). The number of Topliss-reactive ketones (excluding diaryl/α,β-unsaturated/α-hetero) is 1. The number of ether oxygens (including phenoxy) is 1. The second-order valence-electron chi connectivity index (χ2n) is 9.84. The number of hydrogen-bond donors (Lipinski definition) is 0. The molecule has 1 fully saturated rings. The van der Waals surface area contributed by atoms with Crippen LogP contribution in [-0.2, 0) is 31.8 Å². The van der Waals surface area contributed by atoms with E-state index in [2.05, 4.69) is 32.0 Å². The van der Waals surface area contributed by atoms with Crippen LogP contribution in [0.1, 0.15) is 43.4 Å². The van der Waals surface area contributed by atoms with Crippen molar-refractivity contribution in [3.8, 4) is 0 Å². The highest BCUT2D eigenvalue weighted by molar-refractivity contribution is 6.09. The summed E-state index contributed by atoms with van der Waals surface area (Å²) >= 11 is 0. The molecule has 2 atom stereocenters. The van der Waals surface area contributed by atoms with Gasteiger partial charge in [-0.05, 0) is 35.6 Å². The second kappa shape index (κ2) is 8.18.